The van der Waals surface area contributed by atoms with E-state index in [1.165, 1.54) is 6.20 Å². The van der Waals surface area contributed by atoms with Crippen LogP contribution in [-0.2, 0) is 6.54 Å². The number of rotatable bonds is 4. The van der Waals surface area contributed by atoms with E-state index in [9.17, 15) is 10.1 Å². The van der Waals surface area contributed by atoms with Crippen LogP contribution in [0.25, 0.3) is 0 Å². The number of nitro groups is 1. The van der Waals surface area contributed by atoms with Crippen LogP contribution in [0.1, 0.15) is 11.3 Å². The molecule has 0 unspecified atom stereocenters. The molecule has 2 aromatic heterocycles. The monoisotopic (exact) mass is 323 g/mol. The molecule has 0 saturated heterocycles. The predicted molar refractivity (Wildman–Crippen MR) is 72.7 cm³/mol. The molecule has 0 aliphatic heterocycles. The van der Waals surface area contributed by atoms with Gasteiger partial charge in [-0.15, -0.1) is 0 Å². The normalized spacial score (nSPS) is 10.2. The molecule has 98 valence electrons. The molecule has 0 radical (unpaired) electrons. The summed E-state index contributed by atoms with van der Waals surface area (Å²) in [4.78, 5) is 14.3. The van der Waals surface area contributed by atoms with Crippen LogP contribution in [0, 0.1) is 17.0 Å². The Morgan fingerprint density at radius 3 is 2.95 bits per heavy atom. The summed E-state index contributed by atoms with van der Waals surface area (Å²) in [5.74, 6) is 0.536. The summed E-state index contributed by atoms with van der Waals surface area (Å²) < 4.78 is 0.575. The lowest BCUT2D eigenvalue weighted by molar-refractivity contribution is -0.385. The van der Waals surface area contributed by atoms with Crippen LogP contribution in [-0.4, -0.2) is 20.1 Å². The van der Waals surface area contributed by atoms with Crippen molar-refractivity contribution in [2.75, 3.05) is 5.32 Å². The maximum absolute atomic E-state index is 10.8. The summed E-state index contributed by atoms with van der Waals surface area (Å²) >= 11 is 3.31. The highest BCUT2D eigenvalue weighted by Gasteiger charge is 2.16. The van der Waals surface area contributed by atoms with Crippen LogP contribution in [0.3, 0.4) is 0 Å². The number of pyridine rings is 1. The van der Waals surface area contributed by atoms with Gasteiger partial charge in [-0.3, -0.25) is 10.1 Å². The van der Waals surface area contributed by atoms with E-state index < -0.39 is 4.92 Å². The molecule has 7 nitrogen and oxygen atoms in total. The van der Waals surface area contributed by atoms with Gasteiger partial charge in [-0.2, -0.15) is 10.2 Å². The Morgan fingerprint density at radius 1 is 1.53 bits per heavy atom. The molecular formula is C11H10BrN5O2. The number of hydrogen-bond donors (Lipinski definition) is 1. The second-order valence-corrected chi connectivity index (χ2v) is 4.55. The lowest BCUT2D eigenvalue weighted by atomic mass is 10.2. The van der Waals surface area contributed by atoms with Crippen molar-refractivity contribution in [1.82, 2.24) is 15.2 Å². The fourth-order valence-electron chi connectivity index (χ4n) is 1.48. The largest absolute Gasteiger partial charge is 0.363 e. The molecule has 0 spiro atoms. The first-order chi connectivity index (χ1) is 9.09. The van der Waals surface area contributed by atoms with E-state index in [4.69, 9.17) is 0 Å². The Bertz CT molecular complexity index is 606. The van der Waals surface area contributed by atoms with Crippen molar-refractivity contribution in [3.63, 3.8) is 0 Å². The summed E-state index contributed by atoms with van der Waals surface area (Å²) in [5.41, 5.74) is 1.27. The zero-order valence-corrected chi connectivity index (χ0v) is 11.6. The molecular weight excluding hydrogens is 314 g/mol. The van der Waals surface area contributed by atoms with Gasteiger partial charge in [-0.25, -0.2) is 4.98 Å². The Labute approximate surface area is 117 Å². The molecule has 0 saturated carbocycles. The van der Waals surface area contributed by atoms with Gasteiger partial charge in [0, 0.05) is 11.8 Å². The average Bonchev–Trinajstić information content (AvgIpc) is 2.41. The second-order valence-electron chi connectivity index (χ2n) is 3.76. The Balaban J connectivity index is 2.18. The van der Waals surface area contributed by atoms with Gasteiger partial charge in [0.25, 0.3) is 5.69 Å². The van der Waals surface area contributed by atoms with Crippen LogP contribution < -0.4 is 5.32 Å². The smallest absolute Gasteiger partial charge is 0.291 e. The van der Waals surface area contributed by atoms with Crippen molar-refractivity contribution >= 4 is 27.4 Å². The zero-order chi connectivity index (χ0) is 13.8. The van der Waals surface area contributed by atoms with E-state index in [0.717, 1.165) is 5.69 Å². The molecule has 0 atom stereocenters. The Kier molecular flexibility index (Phi) is 4.00. The summed E-state index contributed by atoms with van der Waals surface area (Å²) in [5, 5.41) is 21.5. The molecule has 0 bridgehead atoms. The van der Waals surface area contributed by atoms with E-state index in [-0.39, 0.29) is 5.69 Å². The van der Waals surface area contributed by atoms with Crippen molar-refractivity contribution in [3.8, 4) is 0 Å². The highest BCUT2D eigenvalue weighted by atomic mass is 79.9. The average molecular weight is 324 g/mol. The van der Waals surface area contributed by atoms with Gasteiger partial charge >= 0.3 is 0 Å². The number of nitrogens with zero attached hydrogens (tertiary/aromatic N) is 4. The van der Waals surface area contributed by atoms with Crippen molar-refractivity contribution < 1.29 is 4.92 Å². The van der Waals surface area contributed by atoms with Gasteiger partial charge in [0.2, 0.25) is 0 Å². The van der Waals surface area contributed by atoms with E-state index in [0.29, 0.717) is 22.4 Å². The van der Waals surface area contributed by atoms with E-state index >= 15 is 0 Å². The van der Waals surface area contributed by atoms with Crippen LogP contribution in [0.15, 0.2) is 29.0 Å². The number of hydrogen-bond acceptors (Lipinski definition) is 6. The molecule has 0 amide bonds. The molecule has 2 rings (SSSR count). The first kappa shape index (κ1) is 13.3. The Morgan fingerprint density at radius 2 is 2.32 bits per heavy atom. The fourth-order valence-corrected chi connectivity index (χ4v) is 1.92. The predicted octanol–water partition coefficient (Wildman–Crippen LogP) is 2.46. The third-order valence-corrected chi connectivity index (χ3v) is 3.47. The molecule has 8 heteroatoms. The van der Waals surface area contributed by atoms with E-state index in [2.05, 4.69) is 36.4 Å². The fraction of sp³-hybridized carbons (Fsp3) is 0.182. The van der Waals surface area contributed by atoms with Gasteiger partial charge in [0.05, 0.1) is 21.6 Å². The van der Waals surface area contributed by atoms with Crippen molar-refractivity contribution in [3.05, 3.63) is 50.4 Å². The second kappa shape index (κ2) is 5.70. The molecule has 0 aromatic carbocycles. The van der Waals surface area contributed by atoms with Gasteiger partial charge < -0.3 is 5.32 Å². The summed E-state index contributed by atoms with van der Waals surface area (Å²) in [6.45, 7) is 2.11. The Hall–Kier alpha value is -2.09. The highest BCUT2D eigenvalue weighted by Crippen LogP contribution is 2.30. The minimum atomic E-state index is -0.459. The standard InChI is InChI=1S/C11H10BrN5O2/c1-7-9(17(18)19)6-14-11(10(7)12)13-5-8-3-2-4-15-16-8/h2-4,6H,5H2,1H3,(H,13,14). The van der Waals surface area contributed by atoms with Crippen LogP contribution in [0.5, 0.6) is 0 Å². The molecule has 2 heterocycles. The molecule has 19 heavy (non-hydrogen) atoms. The first-order valence-electron chi connectivity index (χ1n) is 5.39. The molecule has 1 N–H and O–H groups in total. The molecule has 2 aromatic rings. The highest BCUT2D eigenvalue weighted by molar-refractivity contribution is 9.10. The third-order valence-electron chi connectivity index (χ3n) is 2.50. The van der Waals surface area contributed by atoms with Crippen molar-refractivity contribution in [1.29, 1.82) is 0 Å². The zero-order valence-electron chi connectivity index (χ0n) is 10.00. The number of halogens is 1. The first-order valence-corrected chi connectivity index (χ1v) is 6.19. The molecule has 0 fully saturated rings. The van der Waals surface area contributed by atoms with Crippen molar-refractivity contribution in [2.45, 2.75) is 13.5 Å². The number of anilines is 1. The minimum Gasteiger partial charge on any atom is -0.363 e. The third kappa shape index (κ3) is 3.02. The van der Waals surface area contributed by atoms with Gasteiger partial charge in [-0.05, 0) is 35.0 Å². The molecule has 0 aliphatic carbocycles. The topological polar surface area (TPSA) is 93.8 Å². The molecule has 0 aliphatic rings. The van der Waals surface area contributed by atoms with Crippen LogP contribution in [0.4, 0.5) is 11.5 Å². The number of aromatic nitrogens is 3. The summed E-state index contributed by atoms with van der Waals surface area (Å²) in [6.07, 6.45) is 2.83. The maximum atomic E-state index is 10.8. The van der Waals surface area contributed by atoms with Crippen LogP contribution in [0.2, 0.25) is 0 Å². The van der Waals surface area contributed by atoms with Crippen molar-refractivity contribution in [2.24, 2.45) is 0 Å². The summed E-state index contributed by atoms with van der Waals surface area (Å²) in [6, 6.07) is 3.61. The van der Waals surface area contributed by atoms with Gasteiger partial charge in [0.1, 0.15) is 12.0 Å². The summed E-state index contributed by atoms with van der Waals surface area (Å²) in [7, 11) is 0. The number of nitrogens with one attached hydrogen (secondary N) is 1. The minimum absolute atomic E-state index is 0.0167. The lowest BCUT2D eigenvalue weighted by Crippen LogP contribution is -2.06. The quantitative estimate of drug-likeness (QED) is 0.686. The SMILES string of the molecule is Cc1c([N+](=O)[O-])cnc(NCc2cccnn2)c1Br. The lowest BCUT2D eigenvalue weighted by Gasteiger charge is -2.08. The van der Waals surface area contributed by atoms with E-state index in [1.807, 2.05) is 6.07 Å². The van der Waals surface area contributed by atoms with Gasteiger partial charge in [0.15, 0.2) is 0 Å². The van der Waals surface area contributed by atoms with Gasteiger partial charge in [-0.1, -0.05) is 0 Å². The van der Waals surface area contributed by atoms with Crippen LogP contribution >= 0.6 is 15.9 Å². The van der Waals surface area contributed by atoms with E-state index in [1.54, 1.807) is 19.2 Å². The maximum Gasteiger partial charge on any atom is 0.291 e.